The molecule has 0 aliphatic carbocycles. The summed E-state index contributed by atoms with van der Waals surface area (Å²) in [5, 5.41) is 14.8. The van der Waals surface area contributed by atoms with Gasteiger partial charge in [-0.25, -0.2) is 14.3 Å². The first-order valence-corrected chi connectivity index (χ1v) is 11.0. The molecule has 0 fully saturated rings. The number of hydrogen-bond donors (Lipinski definition) is 1. The lowest BCUT2D eigenvalue weighted by molar-refractivity contribution is -0.274. The Bertz CT molecular complexity index is 1390. The molecule has 1 atom stereocenters. The molecule has 10 heteroatoms. The van der Waals surface area contributed by atoms with Crippen molar-refractivity contribution in [1.82, 2.24) is 14.6 Å². The molecule has 36 heavy (non-hydrogen) atoms. The van der Waals surface area contributed by atoms with Gasteiger partial charge < -0.3 is 14.6 Å². The third-order valence-electron chi connectivity index (χ3n) is 5.22. The van der Waals surface area contributed by atoms with Gasteiger partial charge in [-0.2, -0.15) is 5.10 Å². The van der Waals surface area contributed by atoms with E-state index in [-0.39, 0.29) is 5.56 Å². The Labute approximate surface area is 205 Å². The normalized spacial score (nSPS) is 13.1. The number of hydrogen-bond acceptors (Lipinski definition) is 5. The number of aryl methyl sites for hydroxylation is 1. The third-order valence-corrected chi connectivity index (χ3v) is 5.22. The summed E-state index contributed by atoms with van der Waals surface area (Å²) < 4.78 is 49.4. The Kier molecular flexibility index (Phi) is 6.48. The third kappa shape index (κ3) is 5.49. The Balaban J connectivity index is 1.97. The summed E-state index contributed by atoms with van der Waals surface area (Å²) in [5.41, 5.74) is 2.45. The molecule has 0 bridgehead atoms. The summed E-state index contributed by atoms with van der Waals surface area (Å²) in [7, 11) is 0. The number of carbonyl (C=O) groups is 1. The number of ether oxygens (including phenoxy) is 2. The summed E-state index contributed by atoms with van der Waals surface area (Å²) in [4.78, 5) is 17.0. The highest BCUT2D eigenvalue weighted by molar-refractivity contribution is 5.81. The Morgan fingerprint density at radius 3 is 2.19 bits per heavy atom. The first kappa shape index (κ1) is 25.2. The molecule has 2 heterocycles. The zero-order valence-electron chi connectivity index (χ0n) is 20.0. The van der Waals surface area contributed by atoms with E-state index in [1.54, 1.807) is 33.8 Å². The van der Waals surface area contributed by atoms with E-state index in [0.717, 1.165) is 17.7 Å². The van der Waals surface area contributed by atoms with E-state index in [9.17, 15) is 23.1 Å². The summed E-state index contributed by atoms with van der Waals surface area (Å²) in [6, 6.07) is 16.3. The SMILES string of the molecule is Cc1nc2cc(-c3ccccc3)nn2c(-c2ccc(OC(F)(F)F)cc2)c1C(OC(C)(C)C)C(=O)O. The topological polar surface area (TPSA) is 86.0 Å². The lowest BCUT2D eigenvalue weighted by Crippen LogP contribution is -2.29. The molecule has 0 spiro atoms. The van der Waals surface area contributed by atoms with E-state index < -0.39 is 29.8 Å². The molecule has 0 aliphatic rings. The molecule has 0 radical (unpaired) electrons. The van der Waals surface area contributed by atoms with Crippen molar-refractivity contribution in [2.75, 3.05) is 0 Å². The van der Waals surface area contributed by atoms with Gasteiger partial charge in [-0.15, -0.1) is 13.2 Å². The summed E-state index contributed by atoms with van der Waals surface area (Å²) in [5.74, 6) is -1.64. The molecule has 0 amide bonds. The van der Waals surface area contributed by atoms with Crippen LogP contribution in [0.15, 0.2) is 60.7 Å². The Morgan fingerprint density at radius 2 is 1.64 bits per heavy atom. The molecule has 0 aliphatic heterocycles. The number of aliphatic carboxylic acids is 1. The monoisotopic (exact) mass is 499 g/mol. The summed E-state index contributed by atoms with van der Waals surface area (Å²) >= 11 is 0. The van der Waals surface area contributed by atoms with Gasteiger partial charge in [0.05, 0.1) is 17.0 Å². The fraction of sp³-hybridized carbons (Fsp3) is 0.269. The number of fused-ring (bicyclic) bond motifs is 1. The van der Waals surface area contributed by atoms with Crippen LogP contribution in [0.3, 0.4) is 0 Å². The second kappa shape index (κ2) is 9.27. The van der Waals surface area contributed by atoms with Crippen LogP contribution in [0.5, 0.6) is 5.75 Å². The lowest BCUT2D eigenvalue weighted by atomic mass is 9.99. The van der Waals surface area contributed by atoms with Crippen LogP contribution in [0.1, 0.15) is 38.1 Å². The van der Waals surface area contributed by atoms with Gasteiger partial charge in [-0.3, -0.25) is 0 Å². The minimum atomic E-state index is -4.84. The van der Waals surface area contributed by atoms with Gasteiger partial charge in [0.25, 0.3) is 0 Å². The van der Waals surface area contributed by atoms with Crippen molar-refractivity contribution < 1.29 is 32.5 Å². The second-order valence-electron chi connectivity index (χ2n) is 9.15. The first-order chi connectivity index (χ1) is 16.8. The van der Waals surface area contributed by atoms with Crippen molar-refractivity contribution >= 4 is 11.6 Å². The van der Waals surface area contributed by atoms with E-state index in [1.807, 2.05) is 30.3 Å². The Morgan fingerprint density at radius 1 is 1.00 bits per heavy atom. The predicted octanol–water partition coefficient (Wildman–Crippen LogP) is 6.21. The zero-order chi connectivity index (χ0) is 26.3. The van der Waals surface area contributed by atoms with E-state index in [2.05, 4.69) is 14.8 Å². The van der Waals surface area contributed by atoms with Crippen molar-refractivity contribution in [2.24, 2.45) is 0 Å². The zero-order valence-corrected chi connectivity index (χ0v) is 20.0. The molecular weight excluding hydrogens is 475 g/mol. The second-order valence-corrected chi connectivity index (χ2v) is 9.15. The van der Waals surface area contributed by atoms with Crippen molar-refractivity contribution in [3.63, 3.8) is 0 Å². The molecule has 1 unspecified atom stereocenters. The molecular formula is C26H24F3N3O4. The number of carboxylic acid groups (broad SMARTS) is 1. The van der Waals surface area contributed by atoms with Gasteiger partial charge in [0.2, 0.25) is 0 Å². The van der Waals surface area contributed by atoms with Gasteiger partial charge >= 0.3 is 12.3 Å². The van der Waals surface area contributed by atoms with Crippen LogP contribution in [0.4, 0.5) is 13.2 Å². The maximum Gasteiger partial charge on any atom is 0.573 e. The quantitative estimate of drug-likeness (QED) is 0.339. The molecule has 4 aromatic rings. The summed E-state index contributed by atoms with van der Waals surface area (Å²) in [6.45, 7) is 6.86. The highest BCUT2D eigenvalue weighted by Crippen LogP contribution is 2.37. The van der Waals surface area contributed by atoms with Gasteiger partial charge in [0.1, 0.15) is 5.75 Å². The number of halogens is 3. The number of nitrogens with zero attached hydrogens (tertiary/aromatic N) is 3. The van der Waals surface area contributed by atoms with Crippen LogP contribution in [0, 0.1) is 6.92 Å². The number of rotatable bonds is 6. The average molecular weight is 499 g/mol. The molecule has 0 saturated heterocycles. The Hall–Kier alpha value is -3.92. The van der Waals surface area contributed by atoms with Gasteiger partial charge in [-0.05, 0) is 52.0 Å². The molecule has 188 valence electrons. The van der Waals surface area contributed by atoms with Crippen LogP contribution in [0.25, 0.3) is 28.2 Å². The van der Waals surface area contributed by atoms with Gasteiger partial charge in [0.15, 0.2) is 11.8 Å². The molecule has 4 rings (SSSR count). The molecule has 0 saturated carbocycles. The minimum Gasteiger partial charge on any atom is -0.479 e. The van der Waals surface area contributed by atoms with Crippen molar-refractivity contribution in [2.45, 2.75) is 45.8 Å². The molecule has 1 N–H and O–H groups in total. The number of benzene rings is 2. The maximum atomic E-state index is 12.7. The average Bonchev–Trinajstić information content (AvgIpc) is 3.20. The molecule has 2 aromatic carbocycles. The largest absolute Gasteiger partial charge is 0.573 e. The first-order valence-electron chi connectivity index (χ1n) is 11.0. The van der Waals surface area contributed by atoms with E-state index in [1.165, 1.54) is 16.6 Å². The van der Waals surface area contributed by atoms with Crippen LogP contribution >= 0.6 is 0 Å². The van der Waals surface area contributed by atoms with Gasteiger partial charge in [-0.1, -0.05) is 30.3 Å². The predicted molar refractivity (Wildman–Crippen MR) is 126 cm³/mol. The van der Waals surface area contributed by atoms with E-state index in [0.29, 0.717) is 28.3 Å². The minimum absolute atomic E-state index is 0.247. The van der Waals surface area contributed by atoms with E-state index in [4.69, 9.17) is 4.74 Å². The highest BCUT2D eigenvalue weighted by Gasteiger charge is 2.34. The van der Waals surface area contributed by atoms with Crippen LogP contribution < -0.4 is 4.74 Å². The van der Waals surface area contributed by atoms with Crippen molar-refractivity contribution in [1.29, 1.82) is 0 Å². The smallest absolute Gasteiger partial charge is 0.479 e. The van der Waals surface area contributed by atoms with Crippen LogP contribution in [-0.4, -0.2) is 37.6 Å². The van der Waals surface area contributed by atoms with Crippen molar-refractivity contribution in [3.05, 3.63) is 71.9 Å². The number of alkyl halides is 3. The van der Waals surface area contributed by atoms with E-state index >= 15 is 0 Å². The summed E-state index contributed by atoms with van der Waals surface area (Å²) in [6.07, 6.45) is -6.25. The lowest BCUT2D eigenvalue weighted by Gasteiger charge is -2.27. The standard InChI is InChI=1S/C26H24F3N3O4/c1-15-21(23(24(33)34)36-25(2,3)4)22(17-10-12-18(13-11-17)35-26(27,28)29)32-20(30-15)14-19(31-32)16-8-6-5-7-9-16/h5-14,23H,1-4H3,(H,33,34). The van der Waals surface area contributed by atoms with Gasteiger partial charge in [0, 0.05) is 28.5 Å². The fourth-order valence-corrected chi connectivity index (χ4v) is 3.88. The van der Waals surface area contributed by atoms with Crippen molar-refractivity contribution in [3.8, 4) is 28.3 Å². The highest BCUT2D eigenvalue weighted by atomic mass is 19.4. The fourth-order valence-electron chi connectivity index (χ4n) is 3.88. The molecule has 7 nitrogen and oxygen atoms in total. The van der Waals surface area contributed by atoms with Crippen LogP contribution in [-0.2, 0) is 9.53 Å². The number of carboxylic acids is 1. The van der Waals surface area contributed by atoms with Crippen LogP contribution in [0.2, 0.25) is 0 Å². The number of aromatic nitrogens is 3. The molecule has 2 aromatic heterocycles. The maximum absolute atomic E-state index is 12.7.